The number of aliphatic carboxylic acids is 1. The first-order valence-electron chi connectivity index (χ1n) is 9.80. The molecule has 1 N–H and O–H groups in total. The number of aromatic nitrogens is 1. The van der Waals surface area contributed by atoms with Gasteiger partial charge < -0.3 is 9.84 Å². The van der Waals surface area contributed by atoms with E-state index in [0.29, 0.717) is 24.5 Å². The monoisotopic (exact) mass is 493 g/mol. The van der Waals surface area contributed by atoms with E-state index in [9.17, 15) is 13.2 Å². The van der Waals surface area contributed by atoms with Gasteiger partial charge in [-0.1, -0.05) is 59.6 Å². The van der Waals surface area contributed by atoms with Gasteiger partial charge in [0.2, 0.25) is 0 Å². The van der Waals surface area contributed by atoms with E-state index >= 15 is 0 Å². The highest BCUT2D eigenvalue weighted by atomic mass is 35.5. The van der Waals surface area contributed by atoms with E-state index in [0.717, 1.165) is 5.56 Å². The molecule has 0 spiro atoms. The number of rotatable bonds is 10. The molecule has 0 aliphatic carbocycles. The summed E-state index contributed by atoms with van der Waals surface area (Å²) in [5.74, 6) is -0.983. The Morgan fingerprint density at radius 2 is 1.62 bits per heavy atom. The van der Waals surface area contributed by atoms with E-state index in [1.54, 1.807) is 18.2 Å². The molecule has 2 aromatic carbocycles. The number of hydrogen-bond donors (Lipinski definition) is 1. The number of hydrogen-bond acceptors (Lipinski definition) is 5. The average Bonchev–Trinajstić information content (AvgIpc) is 2.73. The van der Waals surface area contributed by atoms with Crippen molar-refractivity contribution >= 4 is 39.0 Å². The van der Waals surface area contributed by atoms with Crippen LogP contribution in [0, 0.1) is 0 Å². The lowest BCUT2D eigenvalue weighted by atomic mass is 10.1. The molecule has 1 aromatic heterocycles. The van der Waals surface area contributed by atoms with Gasteiger partial charge in [0, 0.05) is 12.8 Å². The molecular weight excluding hydrogens is 473 g/mol. The predicted molar refractivity (Wildman–Crippen MR) is 123 cm³/mol. The van der Waals surface area contributed by atoms with E-state index in [1.807, 2.05) is 30.3 Å². The molecule has 9 heteroatoms. The van der Waals surface area contributed by atoms with Gasteiger partial charge in [-0.25, -0.2) is 8.42 Å². The van der Waals surface area contributed by atoms with E-state index in [1.165, 1.54) is 12.1 Å². The molecule has 0 aliphatic rings. The molecule has 1 heterocycles. The van der Waals surface area contributed by atoms with Gasteiger partial charge in [-0.15, -0.1) is 0 Å². The Bertz CT molecular complexity index is 1180. The van der Waals surface area contributed by atoms with Crippen LogP contribution < -0.4 is 4.74 Å². The summed E-state index contributed by atoms with van der Waals surface area (Å²) in [4.78, 5) is 15.3. The number of carbonyl (C=O) groups is 1. The van der Waals surface area contributed by atoms with Gasteiger partial charge in [0.15, 0.2) is 9.84 Å². The Morgan fingerprint density at radius 3 is 2.28 bits per heavy atom. The second kappa shape index (κ2) is 10.8. The summed E-state index contributed by atoms with van der Waals surface area (Å²) < 4.78 is 31.6. The maximum atomic E-state index is 12.9. The van der Waals surface area contributed by atoms with Crippen molar-refractivity contribution in [2.45, 2.75) is 29.9 Å². The number of sulfone groups is 1. The summed E-state index contributed by atoms with van der Waals surface area (Å²) in [6, 6.07) is 17.4. The van der Waals surface area contributed by atoms with Crippen molar-refractivity contribution in [1.82, 2.24) is 4.98 Å². The Kier molecular flexibility index (Phi) is 8.12. The zero-order valence-corrected chi connectivity index (χ0v) is 19.3. The quantitative estimate of drug-likeness (QED) is 0.426. The average molecular weight is 494 g/mol. The molecule has 0 radical (unpaired) electrons. The van der Waals surface area contributed by atoms with Crippen molar-refractivity contribution in [2.24, 2.45) is 0 Å². The van der Waals surface area contributed by atoms with Crippen LogP contribution in [0.5, 0.6) is 5.75 Å². The molecule has 3 rings (SSSR count). The third-order valence-electron chi connectivity index (χ3n) is 4.62. The molecule has 6 nitrogen and oxygen atoms in total. The zero-order chi connectivity index (χ0) is 23.1. The summed E-state index contributed by atoms with van der Waals surface area (Å²) in [6.45, 7) is 0.374. The Morgan fingerprint density at radius 1 is 0.938 bits per heavy atom. The van der Waals surface area contributed by atoms with Crippen LogP contribution >= 0.6 is 23.2 Å². The summed E-state index contributed by atoms with van der Waals surface area (Å²) >= 11 is 12.1. The highest BCUT2D eigenvalue weighted by Crippen LogP contribution is 2.31. The van der Waals surface area contributed by atoms with Gasteiger partial charge in [-0.2, -0.15) is 0 Å². The highest BCUT2D eigenvalue weighted by Gasteiger charge is 2.23. The standard InChI is InChI=1S/C23H21Cl2NO5S/c24-18-7-4-8-19(25)23(18)32(29,30)15-17-9-11-21(20(26-17)10-12-22(27)28)31-14-13-16-5-2-1-3-6-16/h1-9,11H,10,12-15H2,(H,27,28). The molecule has 0 fully saturated rings. The van der Waals surface area contributed by atoms with Gasteiger partial charge in [0.1, 0.15) is 10.6 Å². The number of benzene rings is 2. The number of ether oxygens (including phenoxy) is 1. The first-order valence-corrected chi connectivity index (χ1v) is 12.2. The molecule has 0 aliphatic heterocycles. The third kappa shape index (κ3) is 6.45. The second-order valence-corrected chi connectivity index (χ2v) is 9.78. The lowest BCUT2D eigenvalue weighted by molar-refractivity contribution is -0.136. The maximum Gasteiger partial charge on any atom is 0.303 e. The molecule has 168 valence electrons. The number of aryl methyl sites for hydroxylation is 1. The van der Waals surface area contributed by atoms with E-state index in [2.05, 4.69) is 4.98 Å². The van der Waals surface area contributed by atoms with Crippen molar-refractivity contribution in [2.75, 3.05) is 6.61 Å². The van der Waals surface area contributed by atoms with Gasteiger partial charge in [0.25, 0.3) is 0 Å². The minimum absolute atomic E-state index is 0.0319. The van der Waals surface area contributed by atoms with Crippen LogP contribution in [0.3, 0.4) is 0 Å². The highest BCUT2D eigenvalue weighted by molar-refractivity contribution is 7.90. The van der Waals surface area contributed by atoms with Crippen LogP contribution in [-0.4, -0.2) is 31.1 Å². The minimum atomic E-state index is -3.87. The van der Waals surface area contributed by atoms with Crippen molar-refractivity contribution in [3.8, 4) is 5.75 Å². The second-order valence-electron chi connectivity index (χ2n) is 7.04. The van der Waals surface area contributed by atoms with Gasteiger partial charge in [-0.3, -0.25) is 9.78 Å². The summed E-state index contributed by atoms with van der Waals surface area (Å²) in [7, 11) is -3.87. The zero-order valence-electron chi connectivity index (χ0n) is 17.0. The minimum Gasteiger partial charge on any atom is -0.491 e. The normalized spacial score (nSPS) is 11.3. The van der Waals surface area contributed by atoms with Crippen LogP contribution in [-0.2, 0) is 33.2 Å². The van der Waals surface area contributed by atoms with Gasteiger partial charge in [-0.05, 0) is 29.8 Å². The van der Waals surface area contributed by atoms with Crippen LogP contribution in [0.15, 0.2) is 65.6 Å². The third-order valence-corrected chi connectivity index (χ3v) is 7.22. The number of carboxylic acid groups (broad SMARTS) is 1. The Hall–Kier alpha value is -2.61. The van der Waals surface area contributed by atoms with Crippen molar-refractivity contribution < 1.29 is 23.1 Å². The molecule has 0 saturated heterocycles. The first kappa shape index (κ1) is 24.0. The number of carboxylic acids is 1. The first-order chi connectivity index (χ1) is 15.3. The maximum absolute atomic E-state index is 12.9. The fourth-order valence-corrected chi connectivity index (χ4v) is 5.65. The van der Waals surface area contributed by atoms with Gasteiger partial charge in [0.05, 0.1) is 40.2 Å². The summed E-state index contributed by atoms with van der Waals surface area (Å²) in [6.07, 6.45) is 0.617. The van der Waals surface area contributed by atoms with Crippen LogP contribution in [0.4, 0.5) is 0 Å². The predicted octanol–water partition coefficient (Wildman–Crippen LogP) is 5.00. The summed E-state index contributed by atoms with van der Waals surface area (Å²) in [5.41, 5.74) is 1.74. The van der Waals surface area contributed by atoms with Crippen molar-refractivity contribution in [3.05, 3.63) is 87.7 Å². The molecule has 0 unspecified atom stereocenters. The Labute approximate surface area is 196 Å². The smallest absolute Gasteiger partial charge is 0.303 e. The fourth-order valence-electron chi connectivity index (χ4n) is 3.12. The summed E-state index contributed by atoms with van der Waals surface area (Å²) in [5, 5.41) is 9.13. The lowest BCUT2D eigenvalue weighted by Crippen LogP contribution is -2.11. The number of nitrogens with zero attached hydrogens (tertiary/aromatic N) is 1. The SMILES string of the molecule is O=C(O)CCc1nc(CS(=O)(=O)c2c(Cl)cccc2Cl)ccc1OCCc1ccccc1. The molecule has 0 amide bonds. The molecular formula is C23H21Cl2NO5S. The molecule has 0 bridgehead atoms. The van der Waals surface area contributed by atoms with Crippen LogP contribution in [0.2, 0.25) is 10.0 Å². The number of pyridine rings is 1. The van der Waals surface area contributed by atoms with Crippen LogP contribution in [0.1, 0.15) is 23.4 Å². The van der Waals surface area contributed by atoms with Crippen molar-refractivity contribution in [3.63, 3.8) is 0 Å². The van der Waals surface area contributed by atoms with Crippen LogP contribution in [0.25, 0.3) is 0 Å². The van der Waals surface area contributed by atoms with Gasteiger partial charge >= 0.3 is 5.97 Å². The van der Waals surface area contributed by atoms with E-state index in [4.69, 9.17) is 33.0 Å². The Balaban J connectivity index is 1.81. The fraction of sp³-hybridized carbons (Fsp3) is 0.217. The molecule has 32 heavy (non-hydrogen) atoms. The largest absolute Gasteiger partial charge is 0.491 e. The number of halogens is 2. The molecule has 0 atom stereocenters. The molecule has 3 aromatic rings. The van der Waals surface area contributed by atoms with Crippen molar-refractivity contribution in [1.29, 1.82) is 0 Å². The lowest BCUT2D eigenvalue weighted by Gasteiger charge is -2.13. The van der Waals surface area contributed by atoms with E-state index in [-0.39, 0.29) is 33.5 Å². The molecule has 0 saturated carbocycles. The topological polar surface area (TPSA) is 93.6 Å². The van der Waals surface area contributed by atoms with E-state index < -0.39 is 21.6 Å².